The standard InChI is InChI=1S/C16H24N2O2S/c19-21(20,14-7-2-1-3-8-14)18-13-16(10-6-11-16)15-9-4-5-12-17-15/h4-5,9,12,14,18H,1-3,6-8,10-11,13H2. The predicted molar refractivity (Wildman–Crippen MR) is 83.6 cm³/mol. The lowest BCUT2D eigenvalue weighted by atomic mass is 9.66. The van der Waals surface area contributed by atoms with Gasteiger partial charge in [-0.05, 0) is 37.8 Å². The van der Waals surface area contributed by atoms with Gasteiger partial charge in [0.2, 0.25) is 10.0 Å². The van der Waals surface area contributed by atoms with Gasteiger partial charge in [0.05, 0.1) is 5.25 Å². The summed E-state index contributed by atoms with van der Waals surface area (Å²) in [5, 5.41) is -0.188. The number of hydrogen-bond donors (Lipinski definition) is 1. The summed E-state index contributed by atoms with van der Waals surface area (Å²) in [6.45, 7) is 0.503. The van der Waals surface area contributed by atoms with Gasteiger partial charge in [-0.2, -0.15) is 0 Å². The van der Waals surface area contributed by atoms with Crippen LogP contribution in [0.2, 0.25) is 0 Å². The van der Waals surface area contributed by atoms with Crippen LogP contribution in [0.1, 0.15) is 57.1 Å². The molecule has 0 bridgehead atoms. The topological polar surface area (TPSA) is 59.1 Å². The van der Waals surface area contributed by atoms with Crippen LogP contribution in [0.5, 0.6) is 0 Å². The van der Waals surface area contributed by atoms with E-state index in [2.05, 4.69) is 9.71 Å². The SMILES string of the molecule is O=S(=O)(NCC1(c2ccccn2)CCC1)C1CCCCC1. The molecule has 2 aliphatic rings. The Bertz CT molecular complexity index is 561. The van der Waals surface area contributed by atoms with E-state index in [0.29, 0.717) is 6.54 Å². The quantitative estimate of drug-likeness (QED) is 0.910. The molecule has 0 radical (unpaired) electrons. The Hall–Kier alpha value is -0.940. The summed E-state index contributed by atoms with van der Waals surface area (Å²) in [7, 11) is -3.18. The van der Waals surface area contributed by atoms with Gasteiger partial charge in [0.1, 0.15) is 0 Å². The third-order valence-electron chi connectivity index (χ3n) is 5.12. The summed E-state index contributed by atoms with van der Waals surface area (Å²) in [4.78, 5) is 4.45. The Labute approximate surface area is 127 Å². The molecule has 2 saturated carbocycles. The van der Waals surface area contributed by atoms with Crippen molar-refractivity contribution in [2.45, 2.75) is 62.0 Å². The van der Waals surface area contributed by atoms with Crippen LogP contribution >= 0.6 is 0 Å². The molecule has 0 saturated heterocycles. The lowest BCUT2D eigenvalue weighted by Gasteiger charge is -2.41. The molecule has 0 aliphatic heterocycles. The fourth-order valence-corrected chi connectivity index (χ4v) is 5.20. The summed E-state index contributed by atoms with van der Waals surface area (Å²) in [6.07, 6.45) is 9.87. The zero-order valence-corrected chi connectivity index (χ0v) is 13.2. The van der Waals surface area contributed by atoms with Crippen LogP contribution in [-0.2, 0) is 15.4 Å². The minimum absolute atomic E-state index is 0.0804. The minimum Gasteiger partial charge on any atom is -0.261 e. The van der Waals surface area contributed by atoms with Gasteiger partial charge in [0, 0.05) is 23.9 Å². The number of rotatable bonds is 5. The third-order valence-corrected chi connectivity index (χ3v) is 7.02. The summed E-state index contributed by atoms with van der Waals surface area (Å²) in [5.74, 6) is 0. The maximum absolute atomic E-state index is 12.5. The monoisotopic (exact) mass is 308 g/mol. The van der Waals surface area contributed by atoms with Gasteiger partial charge in [-0.25, -0.2) is 13.1 Å². The van der Waals surface area contributed by atoms with Gasteiger partial charge in [-0.1, -0.05) is 31.7 Å². The molecule has 2 fully saturated rings. The molecule has 0 atom stereocenters. The molecular weight excluding hydrogens is 284 g/mol. The van der Waals surface area contributed by atoms with Crippen molar-refractivity contribution in [3.8, 4) is 0 Å². The van der Waals surface area contributed by atoms with E-state index in [9.17, 15) is 8.42 Å². The van der Waals surface area contributed by atoms with Gasteiger partial charge in [0.15, 0.2) is 0 Å². The highest BCUT2D eigenvalue weighted by Crippen LogP contribution is 2.42. The first-order chi connectivity index (χ1) is 10.1. The molecule has 0 aromatic carbocycles. The smallest absolute Gasteiger partial charge is 0.214 e. The van der Waals surface area contributed by atoms with E-state index in [1.165, 1.54) is 6.42 Å². The molecule has 0 spiro atoms. The lowest BCUT2D eigenvalue weighted by Crippen LogP contribution is -2.48. The molecule has 21 heavy (non-hydrogen) atoms. The van der Waals surface area contributed by atoms with Crippen molar-refractivity contribution in [1.82, 2.24) is 9.71 Å². The molecule has 2 aliphatic carbocycles. The second kappa shape index (κ2) is 6.05. The van der Waals surface area contributed by atoms with E-state index in [1.54, 1.807) is 6.20 Å². The summed E-state index contributed by atoms with van der Waals surface area (Å²) < 4.78 is 27.8. The molecule has 1 N–H and O–H groups in total. The van der Waals surface area contributed by atoms with Crippen LogP contribution in [0, 0.1) is 0 Å². The van der Waals surface area contributed by atoms with Crippen LogP contribution in [0.4, 0.5) is 0 Å². The average Bonchev–Trinajstić information content (AvgIpc) is 2.48. The van der Waals surface area contributed by atoms with E-state index >= 15 is 0 Å². The van der Waals surface area contributed by atoms with Crippen molar-refractivity contribution >= 4 is 10.0 Å². The Kier molecular flexibility index (Phi) is 4.31. The Morgan fingerprint density at radius 1 is 1.14 bits per heavy atom. The molecule has 0 unspecified atom stereocenters. The zero-order chi connectivity index (χ0) is 14.8. The number of sulfonamides is 1. The van der Waals surface area contributed by atoms with Gasteiger partial charge < -0.3 is 0 Å². The van der Waals surface area contributed by atoms with Crippen molar-refractivity contribution in [2.75, 3.05) is 6.54 Å². The molecule has 5 heteroatoms. The van der Waals surface area contributed by atoms with E-state index in [0.717, 1.165) is 50.6 Å². The van der Waals surface area contributed by atoms with Crippen LogP contribution in [0.3, 0.4) is 0 Å². The highest BCUT2D eigenvalue weighted by Gasteiger charge is 2.41. The number of hydrogen-bond acceptors (Lipinski definition) is 3. The normalized spacial score (nSPS) is 22.7. The molecule has 116 valence electrons. The highest BCUT2D eigenvalue weighted by molar-refractivity contribution is 7.90. The zero-order valence-electron chi connectivity index (χ0n) is 12.4. The molecule has 1 aromatic rings. The van der Waals surface area contributed by atoms with Gasteiger partial charge in [-0.3, -0.25) is 4.98 Å². The largest absolute Gasteiger partial charge is 0.261 e. The highest BCUT2D eigenvalue weighted by atomic mass is 32.2. The van der Waals surface area contributed by atoms with Crippen molar-refractivity contribution in [1.29, 1.82) is 0 Å². The van der Waals surface area contributed by atoms with Gasteiger partial charge in [-0.15, -0.1) is 0 Å². The minimum atomic E-state index is -3.18. The van der Waals surface area contributed by atoms with Crippen LogP contribution in [-0.4, -0.2) is 25.2 Å². The van der Waals surface area contributed by atoms with Gasteiger partial charge >= 0.3 is 0 Å². The molecule has 1 aromatic heterocycles. The second-order valence-corrected chi connectivity index (χ2v) is 8.52. The van der Waals surface area contributed by atoms with Gasteiger partial charge in [0.25, 0.3) is 0 Å². The molecule has 1 heterocycles. The molecule has 4 nitrogen and oxygen atoms in total. The first kappa shape index (κ1) is 15.0. The predicted octanol–water partition coefficient (Wildman–Crippen LogP) is 2.76. The first-order valence-corrected chi connectivity index (χ1v) is 9.57. The third kappa shape index (κ3) is 3.14. The average molecular weight is 308 g/mol. The molecular formula is C16H24N2O2S. The van der Waals surface area contributed by atoms with Crippen LogP contribution in [0.15, 0.2) is 24.4 Å². The van der Waals surface area contributed by atoms with Crippen LogP contribution < -0.4 is 4.72 Å². The Balaban J connectivity index is 1.68. The van der Waals surface area contributed by atoms with E-state index in [-0.39, 0.29) is 10.7 Å². The molecule has 3 rings (SSSR count). The maximum atomic E-state index is 12.5. The van der Waals surface area contributed by atoms with E-state index < -0.39 is 10.0 Å². The van der Waals surface area contributed by atoms with E-state index in [1.807, 2.05) is 18.2 Å². The lowest BCUT2D eigenvalue weighted by molar-refractivity contribution is 0.238. The van der Waals surface area contributed by atoms with Crippen molar-refractivity contribution in [3.05, 3.63) is 30.1 Å². The summed E-state index contributed by atoms with van der Waals surface area (Å²) >= 11 is 0. The number of nitrogens with zero attached hydrogens (tertiary/aromatic N) is 1. The maximum Gasteiger partial charge on any atom is 0.214 e. The second-order valence-electron chi connectivity index (χ2n) is 6.48. The number of nitrogens with one attached hydrogen (secondary N) is 1. The summed E-state index contributed by atoms with van der Waals surface area (Å²) in [5.41, 5.74) is 0.950. The number of aromatic nitrogens is 1. The van der Waals surface area contributed by atoms with E-state index in [4.69, 9.17) is 0 Å². The van der Waals surface area contributed by atoms with Crippen molar-refractivity contribution in [2.24, 2.45) is 0 Å². The summed E-state index contributed by atoms with van der Waals surface area (Å²) in [6, 6.07) is 5.91. The number of pyridine rings is 1. The fraction of sp³-hybridized carbons (Fsp3) is 0.688. The Morgan fingerprint density at radius 2 is 1.90 bits per heavy atom. The molecule has 0 amide bonds. The van der Waals surface area contributed by atoms with Crippen LogP contribution in [0.25, 0.3) is 0 Å². The first-order valence-electron chi connectivity index (χ1n) is 8.02. The van der Waals surface area contributed by atoms with Crippen molar-refractivity contribution in [3.63, 3.8) is 0 Å². The Morgan fingerprint density at radius 3 is 2.48 bits per heavy atom. The fourth-order valence-electron chi connectivity index (χ4n) is 3.54. The van der Waals surface area contributed by atoms with Crippen molar-refractivity contribution < 1.29 is 8.42 Å².